The highest BCUT2D eigenvalue weighted by Crippen LogP contribution is 2.03. The molecule has 128 valence electrons. The number of aromatic amines is 2. The van der Waals surface area contributed by atoms with Crippen LogP contribution in [0.5, 0.6) is 0 Å². The fourth-order valence-electron chi connectivity index (χ4n) is 2.37. The lowest BCUT2D eigenvalue weighted by molar-refractivity contribution is 0.111. The van der Waals surface area contributed by atoms with Gasteiger partial charge in [-0.3, -0.25) is 19.2 Å². The Kier molecular flexibility index (Phi) is 4.85. The summed E-state index contributed by atoms with van der Waals surface area (Å²) >= 11 is 0. The van der Waals surface area contributed by atoms with Crippen molar-refractivity contribution in [2.75, 3.05) is 0 Å². The van der Waals surface area contributed by atoms with E-state index in [0.29, 0.717) is 22.3 Å². The van der Waals surface area contributed by atoms with Gasteiger partial charge >= 0.3 is 0 Å². The average Bonchev–Trinajstić information content (AvgIpc) is 2.67. The van der Waals surface area contributed by atoms with Gasteiger partial charge in [0.1, 0.15) is 23.3 Å². The number of carbonyl (C=O) groups is 2. The molecule has 0 fully saturated rings. The predicted molar refractivity (Wildman–Crippen MR) is 97.7 cm³/mol. The van der Waals surface area contributed by atoms with Crippen LogP contribution in [0, 0.1) is 0 Å². The number of hydrogen-bond acceptors (Lipinski definition) is 4. The maximum atomic E-state index is 12.2. The number of nitrogens with one attached hydrogen (secondary N) is 2. The minimum absolute atomic E-state index is 0.113. The lowest BCUT2D eigenvalue weighted by Crippen LogP contribution is -2.46. The topological polar surface area (TPSA) is 99.9 Å². The van der Waals surface area contributed by atoms with Gasteiger partial charge in [0.25, 0.3) is 11.1 Å². The Morgan fingerprint density at radius 1 is 0.538 bits per heavy atom. The number of hydrogen-bond donors (Lipinski definition) is 2. The van der Waals surface area contributed by atoms with Crippen LogP contribution in [0.15, 0.2) is 58.1 Å². The monoisotopic (exact) mass is 346 g/mol. The minimum Gasteiger partial charge on any atom is -0.316 e. The summed E-state index contributed by atoms with van der Waals surface area (Å²) in [6, 6.07) is 13.2. The van der Waals surface area contributed by atoms with E-state index in [1.807, 2.05) is 0 Å². The number of aldehydes is 2. The molecule has 0 aliphatic carbocycles. The van der Waals surface area contributed by atoms with Gasteiger partial charge in [-0.2, -0.15) is 0 Å². The van der Waals surface area contributed by atoms with Crippen LogP contribution in [0.1, 0.15) is 31.8 Å². The molecule has 0 aliphatic rings. The van der Waals surface area contributed by atoms with Gasteiger partial charge in [0.15, 0.2) is 0 Å². The maximum absolute atomic E-state index is 12.2. The first kappa shape index (κ1) is 17.0. The Bertz CT molecular complexity index is 1090. The lowest BCUT2D eigenvalue weighted by Gasteiger charge is -1.96. The van der Waals surface area contributed by atoms with Gasteiger partial charge < -0.3 is 9.97 Å². The highest BCUT2D eigenvalue weighted by atomic mass is 16.1. The molecular formula is C20H14N2O4. The van der Waals surface area contributed by atoms with Crippen molar-refractivity contribution in [2.45, 2.75) is 0 Å². The van der Waals surface area contributed by atoms with Crippen LogP contribution < -0.4 is 21.8 Å². The summed E-state index contributed by atoms with van der Waals surface area (Å²) in [5.74, 6) is 0. The fraction of sp³-hybridized carbons (Fsp3) is 0. The van der Waals surface area contributed by atoms with Crippen LogP contribution in [-0.4, -0.2) is 22.5 Å². The highest BCUT2D eigenvalue weighted by Gasteiger charge is 1.98. The van der Waals surface area contributed by atoms with E-state index in [4.69, 9.17) is 0 Å². The molecular weight excluding hydrogens is 332 g/mol. The van der Waals surface area contributed by atoms with E-state index in [2.05, 4.69) is 9.97 Å². The smallest absolute Gasteiger partial charge is 0.272 e. The zero-order valence-corrected chi connectivity index (χ0v) is 13.6. The molecule has 0 saturated heterocycles. The Balaban J connectivity index is 2.04. The maximum Gasteiger partial charge on any atom is 0.272 e. The fourth-order valence-corrected chi connectivity index (χ4v) is 2.37. The van der Waals surface area contributed by atoms with Crippen LogP contribution in [0.2, 0.25) is 0 Å². The SMILES string of the molecule is O=Cc1ccc(C=c2[nH]c(=O)c(=Cc3ccc(C=O)cc3)[nH]c2=O)cc1. The van der Waals surface area contributed by atoms with E-state index in [1.54, 1.807) is 48.5 Å². The average molecular weight is 346 g/mol. The summed E-state index contributed by atoms with van der Waals surface area (Å²) in [5, 5.41) is 0.226. The van der Waals surface area contributed by atoms with E-state index in [9.17, 15) is 19.2 Å². The Morgan fingerprint density at radius 2 is 0.846 bits per heavy atom. The first-order valence-electron chi connectivity index (χ1n) is 7.75. The van der Waals surface area contributed by atoms with Gasteiger partial charge in [-0.05, 0) is 23.3 Å². The second-order valence-electron chi connectivity index (χ2n) is 5.59. The van der Waals surface area contributed by atoms with E-state index < -0.39 is 11.1 Å². The molecule has 6 heteroatoms. The van der Waals surface area contributed by atoms with Crippen LogP contribution in [0.25, 0.3) is 12.2 Å². The van der Waals surface area contributed by atoms with Crippen LogP contribution >= 0.6 is 0 Å². The molecule has 0 amide bonds. The van der Waals surface area contributed by atoms with Crippen LogP contribution in [0.3, 0.4) is 0 Å². The van der Waals surface area contributed by atoms with Gasteiger partial charge in [-0.25, -0.2) is 0 Å². The zero-order chi connectivity index (χ0) is 18.5. The second-order valence-corrected chi connectivity index (χ2v) is 5.59. The first-order chi connectivity index (χ1) is 12.6. The van der Waals surface area contributed by atoms with Gasteiger partial charge in [-0.1, -0.05) is 48.5 Å². The molecule has 0 saturated carbocycles. The van der Waals surface area contributed by atoms with Gasteiger partial charge in [-0.15, -0.1) is 0 Å². The Morgan fingerprint density at radius 3 is 1.15 bits per heavy atom. The van der Waals surface area contributed by atoms with E-state index in [0.717, 1.165) is 12.6 Å². The zero-order valence-electron chi connectivity index (χ0n) is 13.6. The summed E-state index contributed by atoms with van der Waals surface area (Å²) < 4.78 is 0. The summed E-state index contributed by atoms with van der Waals surface area (Å²) in [7, 11) is 0. The first-order valence-corrected chi connectivity index (χ1v) is 7.75. The molecule has 0 radical (unpaired) electrons. The quantitative estimate of drug-likeness (QED) is 0.666. The molecule has 1 heterocycles. The van der Waals surface area contributed by atoms with Crippen LogP contribution in [-0.2, 0) is 0 Å². The van der Waals surface area contributed by atoms with Crippen molar-refractivity contribution >= 4 is 24.7 Å². The summed E-state index contributed by atoms with van der Waals surface area (Å²) in [6.45, 7) is 0. The number of benzene rings is 2. The van der Waals surface area contributed by atoms with Crippen molar-refractivity contribution in [3.05, 3.63) is 102 Å². The van der Waals surface area contributed by atoms with Crippen molar-refractivity contribution in [1.29, 1.82) is 0 Å². The third-order valence-corrected chi connectivity index (χ3v) is 3.75. The normalized spacial score (nSPS) is 12.2. The lowest BCUT2D eigenvalue weighted by atomic mass is 10.1. The van der Waals surface area contributed by atoms with Crippen molar-refractivity contribution in [3.8, 4) is 0 Å². The molecule has 0 atom stereocenters. The summed E-state index contributed by atoms with van der Waals surface area (Å²) in [6.07, 6.45) is 4.50. The van der Waals surface area contributed by atoms with E-state index >= 15 is 0 Å². The van der Waals surface area contributed by atoms with Crippen LogP contribution in [0.4, 0.5) is 0 Å². The molecule has 6 nitrogen and oxygen atoms in total. The van der Waals surface area contributed by atoms with E-state index in [-0.39, 0.29) is 10.7 Å². The molecule has 0 spiro atoms. The highest BCUT2D eigenvalue weighted by molar-refractivity contribution is 5.75. The van der Waals surface area contributed by atoms with Crippen molar-refractivity contribution < 1.29 is 9.59 Å². The number of carbonyl (C=O) groups excluding carboxylic acids is 2. The Labute approximate surface area is 147 Å². The molecule has 2 aromatic carbocycles. The van der Waals surface area contributed by atoms with Gasteiger partial charge in [0, 0.05) is 11.1 Å². The van der Waals surface area contributed by atoms with Crippen molar-refractivity contribution in [1.82, 2.24) is 9.97 Å². The molecule has 3 aromatic rings. The molecule has 0 aliphatic heterocycles. The third-order valence-electron chi connectivity index (χ3n) is 3.75. The van der Waals surface area contributed by atoms with E-state index in [1.165, 1.54) is 12.2 Å². The summed E-state index contributed by atoms with van der Waals surface area (Å²) in [5.41, 5.74) is 1.51. The Hall–Kier alpha value is -3.80. The molecule has 0 unspecified atom stereocenters. The summed E-state index contributed by atoms with van der Waals surface area (Å²) in [4.78, 5) is 50.9. The molecule has 2 N–H and O–H groups in total. The second kappa shape index (κ2) is 7.40. The number of aromatic nitrogens is 2. The van der Waals surface area contributed by atoms with Crippen molar-refractivity contribution in [2.24, 2.45) is 0 Å². The molecule has 3 rings (SSSR count). The van der Waals surface area contributed by atoms with Gasteiger partial charge in [0.05, 0.1) is 0 Å². The number of rotatable bonds is 4. The largest absolute Gasteiger partial charge is 0.316 e. The minimum atomic E-state index is -0.445. The standard InChI is InChI=1S/C20H14N2O4/c23-11-15-5-1-13(2-6-15)9-17-19(25)22-18(20(26)21-17)10-14-3-7-16(12-24)8-4-14/h1-12H,(H,21,26)(H,22,25). The molecule has 26 heavy (non-hydrogen) atoms. The predicted octanol–water partition coefficient (Wildman–Crippen LogP) is 0.346. The van der Waals surface area contributed by atoms with Gasteiger partial charge in [0.2, 0.25) is 0 Å². The van der Waals surface area contributed by atoms with Crippen molar-refractivity contribution in [3.63, 3.8) is 0 Å². The number of H-pyrrole nitrogens is 2. The molecule has 1 aromatic heterocycles. The third kappa shape index (κ3) is 3.81. The molecule has 0 bridgehead atoms.